The van der Waals surface area contributed by atoms with Crippen LogP contribution in [0.5, 0.6) is 0 Å². The van der Waals surface area contributed by atoms with Gasteiger partial charge < -0.3 is 25.2 Å². The van der Waals surface area contributed by atoms with E-state index in [0.717, 1.165) is 5.69 Å². The number of aliphatic hydroxyl groups excluding tert-OH is 2. The van der Waals surface area contributed by atoms with E-state index < -0.39 is 24.2 Å². The SMILES string of the molecule is NC1(Nc2ccccc2)N=CN=C2C1=NCN2[C@H]1C[C@H](O)[C@@H](CO)O1. The minimum absolute atomic E-state index is 0.233. The Morgan fingerprint density at radius 1 is 1.36 bits per heavy atom. The number of nitrogens with two attached hydrogens (primary N) is 1. The number of fused-ring (bicyclic) bond motifs is 1. The van der Waals surface area contributed by atoms with Crippen LogP contribution in [0.1, 0.15) is 6.42 Å². The van der Waals surface area contributed by atoms with E-state index >= 15 is 0 Å². The monoisotopic (exact) mass is 344 g/mol. The van der Waals surface area contributed by atoms with E-state index in [-0.39, 0.29) is 6.61 Å². The van der Waals surface area contributed by atoms with Crippen molar-refractivity contribution >= 4 is 23.6 Å². The van der Waals surface area contributed by atoms with Crippen molar-refractivity contribution in [1.82, 2.24) is 4.90 Å². The molecular formula is C16H20N6O3. The number of aliphatic hydroxyl groups is 2. The molecule has 0 spiro atoms. The molecule has 1 aromatic rings. The molecule has 132 valence electrons. The zero-order valence-corrected chi connectivity index (χ0v) is 13.5. The third kappa shape index (κ3) is 2.81. The zero-order chi connectivity index (χ0) is 17.4. The summed E-state index contributed by atoms with van der Waals surface area (Å²) in [5, 5.41) is 22.4. The van der Waals surface area contributed by atoms with Crippen molar-refractivity contribution in [3.8, 4) is 0 Å². The fraction of sp³-hybridized carbons (Fsp3) is 0.438. The van der Waals surface area contributed by atoms with E-state index in [9.17, 15) is 10.2 Å². The number of para-hydroxylation sites is 1. The molecular weight excluding hydrogens is 324 g/mol. The number of amidine groups is 1. The first-order valence-corrected chi connectivity index (χ1v) is 8.10. The van der Waals surface area contributed by atoms with Gasteiger partial charge in [0.15, 0.2) is 5.84 Å². The average molecular weight is 344 g/mol. The van der Waals surface area contributed by atoms with Gasteiger partial charge >= 0.3 is 0 Å². The van der Waals surface area contributed by atoms with Crippen LogP contribution < -0.4 is 11.1 Å². The zero-order valence-electron chi connectivity index (χ0n) is 13.5. The summed E-state index contributed by atoms with van der Waals surface area (Å²) >= 11 is 0. The summed E-state index contributed by atoms with van der Waals surface area (Å²) in [6.45, 7) is 0.0754. The van der Waals surface area contributed by atoms with Crippen LogP contribution in [0.25, 0.3) is 0 Å². The number of aliphatic imine (C=N–C) groups is 3. The van der Waals surface area contributed by atoms with Gasteiger partial charge in [-0.2, -0.15) is 0 Å². The van der Waals surface area contributed by atoms with Gasteiger partial charge in [0, 0.05) is 12.1 Å². The van der Waals surface area contributed by atoms with Crippen LogP contribution in [0.4, 0.5) is 5.69 Å². The highest BCUT2D eigenvalue weighted by Gasteiger charge is 2.46. The van der Waals surface area contributed by atoms with Crippen LogP contribution in [0.3, 0.4) is 0 Å². The molecule has 25 heavy (non-hydrogen) atoms. The first-order valence-electron chi connectivity index (χ1n) is 8.10. The Balaban J connectivity index is 1.54. The summed E-state index contributed by atoms with van der Waals surface area (Å²) < 4.78 is 5.71. The molecule has 3 heterocycles. The maximum absolute atomic E-state index is 9.96. The van der Waals surface area contributed by atoms with Gasteiger partial charge in [-0.15, -0.1) is 0 Å². The van der Waals surface area contributed by atoms with Gasteiger partial charge in [-0.1, -0.05) is 18.2 Å². The fourth-order valence-corrected chi connectivity index (χ4v) is 3.21. The molecule has 0 aromatic heterocycles. The standard InChI is InChI=1S/C16H20N6O3/c17-16(21-10-4-2-1-3-5-10)14-15(18-8-20-16)22(9-19-14)13-6-11(24)12(7-23)25-13/h1-5,8,11-13,21,23-24H,6-7,9,17H2/t11-,12+,13+,16?/m0/s1. The molecule has 4 rings (SSSR count). The molecule has 1 aromatic carbocycles. The quantitative estimate of drug-likeness (QED) is 0.537. The molecule has 0 radical (unpaired) electrons. The second kappa shape index (κ2) is 6.19. The lowest BCUT2D eigenvalue weighted by atomic mass is 10.1. The highest BCUT2D eigenvalue weighted by molar-refractivity contribution is 6.47. The van der Waals surface area contributed by atoms with E-state index in [1.54, 1.807) is 0 Å². The van der Waals surface area contributed by atoms with Crippen molar-refractivity contribution in [2.75, 3.05) is 18.6 Å². The van der Waals surface area contributed by atoms with Gasteiger partial charge in [0.1, 0.15) is 31.1 Å². The Kier molecular flexibility index (Phi) is 4.00. The normalized spacial score (nSPS) is 33.9. The molecule has 0 bridgehead atoms. The second-order valence-corrected chi connectivity index (χ2v) is 6.19. The summed E-state index contributed by atoms with van der Waals surface area (Å²) in [6.07, 6.45) is 0.0318. The number of rotatable bonds is 4. The molecule has 9 nitrogen and oxygen atoms in total. The number of benzene rings is 1. The Morgan fingerprint density at radius 2 is 2.16 bits per heavy atom. The number of hydrogen-bond acceptors (Lipinski definition) is 9. The van der Waals surface area contributed by atoms with Crippen molar-refractivity contribution < 1.29 is 14.9 Å². The van der Waals surface area contributed by atoms with Gasteiger partial charge in [0.2, 0.25) is 5.79 Å². The largest absolute Gasteiger partial charge is 0.394 e. The third-order valence-electron chi connectivity index (χ3n) is 4.51. The molecule has 0 amide bonds. The summed E-state index contributed by atoms with van der Waals surface area (Å²) in [4.78, 5) is 14.9. The highest BCUT2D eigenvalue weighted by atomic mass is 16.5. The topological polar surface area (TPSA) is 128 Å². The van der Waals surface area contributed by atoms with Crippen molar-refractivity contribution in [2.45, 2.75) is 30.6 Å². The molecule has 1 saturated heterocycles. The first kappa shape index (κ1) is 16.2. The van der Waals surface area contributed by atoms with Crippen molar-refractivity contribution in [3.05, 3.63) is 30.3 Å². The average Bonchev–Trinajstić information content (AvgIpc) is 3.20. The number of anilines is 1. The lowest BCUT2D eigenvalue weighted by molar-refractivity contribution is -0.0560. The van der Waals surface area contributed by atoms with Gasteiger partial charge in [-0.25, -0.2) is 9.98 Å². The molecule has 0 saturated carbocycles. The lowest BCUT2D eigenvalue weighted by Gasteiger charge is -2.32. The van der Waals surface area contributed by atoms with Crippen molar-refractivity contribution in [2.24, 2.45) is 20.7 Å². The van der Waals surface area contributed by atoms with Crippen LogP contribution in [0.15, 0.2) is 45.3 Å². The van der Waals surface area contributed by atoms with Crippen LogP contribution in [-0.2, 0) is 4.74 Å². The number of nitrogens with one attached hydrogen (secondary N) is 1. The van der Waals surface area contributed by atoms with E-state index in [0.29, 0.717) is 24.6 Å². The number of hydrogen-bond donors (Lipinski definition) is 4. The molecule has 4 atom stereocenters. The van der Waals surface area contributed by atoms with Crippen molar-refractivity contribution in [1.29, 1.82) is 0 Å². The maximum atomic E-state index is 9.96. The first-order chi connectivity index (χ1) is 12.1. The summed E-state index contributed by atoms with van der Waals surface area (Å²) in [7, 11) is 0. The minimum Gasteiger partial charge on any atom is -0.394 e. The molecule has 9 heteroatoms. The molecule has 5 N–H and O–H groups in total. The Labute approximate surface area is 144 Å². The fourth-order valence-electron chi connectivity index (χ4n) is 3.21. The minimum atomic E-state index is -1.22. The van der Waals surface area contributed by atoms with Crippen LogP contribution in [0.2, 0.25) is 0 Å². The van der Waals surface area contributed by atoms with Crippen LogP contribution in [-0.4, -0.2) is 70.5 Å². The molecule has 3 aliphatic rings. The molecule has 3 aliphatic heterocycles. The lowest BCUT2D eigenvalue weighted by Crippen LogP contribution is -2.58. The van der Waals surface area contributed by atoms with E-state index in [2.05, 4.69) is 20.3 Å². The summed E-state index contributed by atoms with van der Waals surface area (Å²) in [6, 6.07) is 9.51. The van der Waals surface area contributed by atoms with Gasteiger partial charge in [0.05, 0.1) is 12.7 Å². The number of ether oxygens (including phenoxy) is 1. The van der Waals surface area contributed by atoms with Crippen LogP contribution in [0, 0.1) is 0 Å². The van der Waals surface area contributed by atoms with E-state index in [4.69, 9.17) is 10.5 Å². The number of nitrogens with zero attached hydrogens (tertiary/aromatic N) is 4. The van der Waals surface area contributed by atoms with Gasteiger partial charge in [0.25, 0.3) is 0 Å². The van der Waals surface area contributed by atoms with Gasteiger partial charge in [-0.05, 0) is 12.1 Å². The smallest absolute Gasteiger partial charge is 0.231 e. The van der Waals surface area contributed by atoms with Crippen molar-refractivity contribution in [3.63, 3.8) is 0 Å². The summed E-state index contributed by atoms with van der Waals surface area (Å²) in [5.41, 5.74) is 7.78. The predicted octanol–water partition coefficient (Wildman–Crippen LogP) is -0.666. The highest BCUT2D eigenvalue weighted by Crippen LogP contribution is 2.28. The van der Waals surface area contributed by atoms with Crippen LogP contribution >= 0.6 is 0 Å². The Morgan fingerprint density at radius 3 is 2.88 bits per heavy atom. The molecule has 1 unspecified atom stereocenters. The third-order valence-corrected chi connectivity index (χ3v) is 4.51. The van der Waals surface area contributed by atoms with Gasteiger partial charge in [-0.3, -0.25) is 10.7 Å². The second-order valence-electron chi connectivity index (χ2n) is 6.19. The van der Waals surface area contributed by atoms with E-state index in [1.807, 2.05) is 35.2 Å². The Hall–Kier alpha value is -2.33. The van der Waals surface area contributed by atoms with E-state index in [1.165, 1.54) is 6.34 Å². The summed E-state index contributed by atoms with van der Waals surface area (Å²) in [5.74, 6) is -0.655. The predicted molar refractivity (Wildman–Crippen MR) is 93.4 cm³/mol. The Bertz CT molecular complexity index is 737. The maximum Gasteiger partial charge on any atom is 0.231 e. The molecule has 1 fully saturated rings. The molecule has 0 aliphatic carbocycles.